The van der Waals surface area contributed by atoms with E-state index in [1.54, 1.807) is 0 Å². The molecule has 0 amide bonds. The van der Waals surface area contributed by atoms with Crippen LogP contribution in [-0.2, 0) is 0 Å². The van der Waals surface area contributed by atoms with Gasteiger partial charge in [-0.05, 0) is 6.42 Å². The first-order chi connectivity index (χ1) is 3.75. The van der Waals surface area contributed by atoms with Crippen LogP contribution >= 0.6 is 0 Å². The van der Waals surface area contributed by atoms with Gasteiger partial charge in [-0.15, -0.1) is 0 Å². The molecule has 0 bridgehead atoms. The Morgan fingerprint density at radius 3 is 1.88 bits per heavy atom. The fourth-order valence-corrected chi connectivity index (χ4v) is 0.649. The van der Waals surface area contributed by atoms with E-state index in [0.717, 1.165) is 0 Å². The summed E-state index contributed by atoms with van der Waals surface area (Å²) in [5, 5.41) is 8.60. The number of alkyl halides is 2. The number of hydrogen-bond donors (Lipinski definition) is 1. The predicted molar refractivity (Wildman–Crippen MR) is 25.0 cm³/mol. The zero-order valence-corrected chi connectivity index (χ0v) is 4.40. The summed E-state index contributed by atoms with van der Waals surface area (Å²) < 4.78 is 23.4. The Labute approximate surface area is 46.3 Å². The summed E-state index contributed by atoms with van der Waals surface area (Å²) >= 11 is 0. The molecule has 0 aromatic rings. The van der Waals surface area contributed by atoms with Crippen molar-refractivity contribution in [2.24, 2.45) is 5.41 Å². The Balaban J connectivity index is 2.39. The van der Waals surface area contributed by atoms with Crippen molar-refractivity contribution >= 4 is 0 Å². The molecule has 1 atom stereocenters. The van der Waals surface area contributed by atoms with E-state index in [9.17, 15) is 8.78 Å². The molecule has 0 aromatic heterocycles. The molecule has 0 heterocycles. The molecule has 0 spiro atoms. The molecule has 1 saturated carbocycles. The molecule has 3 heteroatoms. The minimum atomic E-state index is -0.986. The van der Waals surface area contributed by atoms with Crippen LogP contribution in [0.25, 0.3) is 0 Å². The van der Waals surface area contributed by atoms with E-state index >= 15 is 0 Å². The van der Waals surface area contributed by atoms with Gasteiger partial charge in [0.15, 0.2) is 0 Å². The third kappa shape index (κ3) is 0.616. The quantitative estimate of drug-likeness (QED) is 0.571. The third-order valence-electron chi connectivity index (χ3n) is 1.68. The van der Waals surface area contributed by atoms with Crippen molar-refractivity contribution in [1.29, 1.82) is 0 Å². The highest BCUT2D eigenvalue weighted by atomic mass is 19.1. The second-order valence-electron chi connectivity index (χ2n) is 2.35. The molecule has 1 fully saturated rings. The van der Waals surface area contributed by atoms with E-state index < -0.39 is 24.9 Å². The molecular formula is C5H8F2O. The Bertz CT molecular complexity index is 84.9. The maximum absolute atomic E-state index is 11.7. The first-order valence-electron chi connectivity index (χ1n) is 2.55. The maximum atomic E-state index is 11.7. The van der Waals surface area contributed by atoms with Gasteiger partial charge in [0.25, 0.3) is 0 Å². The van der Waals surface area contributed by atoms with Gasteiger partial charge < -0.3 is 5.11 Å². The Hall–Kier alpha value is -0.180. The zero-order valence-electron chi connectivity index (χ0n) is 4.40. The highest BCUT2D eigenvalue weighted by Gasteiger charge is 2.54. The molecule has 1 N–H and O–H groups in total. The van der Waals surface area contributed by atoms with E-state index in [1.165, 1.54) is 0 Å². The fourth-order valence-electron chi connectivity index (χ4n) is 0.649. The predicted octanol–water partition coefficient (Wildman–Crippen LogP) is 0.676. The summed E-state index contributed by atoms with van der Waals surface area (Å²) in [6.45, 7) is -1.46. The van der Waals surface area contributed by atoms with Crippen molar-refractivity contribution in [2.75, 3.05) is 13.3 Å². The standard InChI is InChI=1S/C5H8F2O/c6-2-5(3-7)1-4(5)8/h4,8H,1-3H2. The minimum absolute atomic E-state index is 0.292. The van der Waals surface area contributed by atoms with Gasteiger partial charge in [-0.3, -0.25) is 8.78 Å². The van der Waals surface area contributed by atoms with Crippen LogP contribution in [0.3, 0.4) is 0 Å². The molecule has 0 aromatic carbocycles. The van der Waals surface area contributed by atoms with Gasteiger partial charge in [-0.2, -0.15) is 0 Å². The molecule has 1 unspecified atom stereocenters. The highest BCUT2D eigenvalue weighted by Crippen LogP contribution is 2.46. The number of halogens is 2. The summed E-state index contributed by atoms with van der Waals surface area (Å²) in [4.78, 5) is 0. The molecule has 1 nitrogen and oxygen atoms in total. The van der Waals surface area contributed by atoms with Gasteiger partial charge >= 0.3 is 0 Å². The summed E-state index contributed by atoms with van der Waals surface area (Å²) in [5.74, 6) is 0. The number of rotatable bonds is 2. The number of aliphatic hydroxyl groups is 1. The molecule has 1 aliphatic carbocycles. The van der Waals surface area contributed by atoms with Crippen LogP contribution in [-0.4, -0.2) is 24.6 Å². The summed E-state index contributed by atoms with van der Waals surface area (Å²) in [7, 11) is 0. The normalized spacial score (nSPS) is 32.6. The zero-order chi connectivity index (χ0) is 6.20. The van der Waals surface area contributed by atoms with Crippen LogP contribution in [0.5, 0.6) is 0 Å². The van der Waals surface area contributed by atoms with E-state index in [0.29, 0.717) is 6.42 Å². The molecular weight excluding hydrogens is 114 g/mol. The lowest BCUT2D eigenvalue weighted by atomic mass is 10.1. The van der Waals surface area contributed by atoms with Crippen molar-refractivity contribution in [3.8, 4) is 0 Å². The van der Waals surface area contributed by atoms with Gasteiger partial charge in [-0.1, -0.05) is 0 Å². The Kier molecular flexibility index (Phi) is 1.23. The van der Waals surface area contributed by atoms with Gasteiger partial charge in [-0.25, -0.2) is 0 Å². The van der Waals surface area contributed by atoms with E-state index in [2.05, 4.69) is 0 Å². The molecule has 0 aliphatic heterocycles. The van der Waals surface area contributed by atoms with E-state index in [4.69, 9.17) is 5.11 Å². The average Bonchev–Trinajstić information content (AvgIpc) is 2.43. The Morgan fingerprint density at radius 1 is 1.50 bits per heavy atom. The first-order valence-corrected chi connectivity index (χ1v) is 2.55. The lowest BCUT2D eigenvalue weighted by Crippen LogP contribution is -2.11. The lowest BCUT2D eigenvalue weighted by molar-refractivity contribution is 0.167. The largest absolute Gasteiger partial charge is 0.392 e. The number of aliphatic hydroxyl groups excluding tert-OH is 1. The number of hydrogen-bond acceptors (Lipinski definition) is 1. The topological polar surface area (TPSA) is 20.2 Å². The van der Waals surface area contributed by atoms with Gasteiger partial charge in [0.05, 0.1) is 11.5 Å². The molecule has 0 radical (unpaired) electrons. The first kappa shape index (κ1) is 5.95. The maximum Gasteiger partial charge on any atom is 0.100 e. The van der Waals surface area contributed by atoms with Crippen molar-refractivity contribution < 1.29 is 13.9 Å². The molecule has 0 saturated heterocycles. The van der Waals surface area contributed by atoms with Crippen molar-refractivity contribution in [2.45, 2.75) is 12.5 Å². The van der Waals surface area contributed by atoms with Crippen molar-refractivity contribution in [3.05, 3.63) is 0 Å². The van der Waals surface area contributed by atoms with Crippen molar-refractivity contribution in [1.82, 2.24) is 0 Å². The molecule has 1 rings (SSSR count). The summed E-state index contributed by atoms with van der Waals surface area (Å²) in [6, 6.07) is 0. The fraction of sp³-hybridized carbons (Fsp3) is 1.00. The molecule has 1 aliphatic rings. The smallest absolute Gasteiger partial charge is 0.100 e. The third-order valence-corrected chi connectivity index (χ3v) is 1.68. The van der Waals surface area contributed by atoms with Crippen LogP contribution < -0.4 is 0 Å². The van der Waals surface area contributed by atoms with E-state index in [-0.39, 0.29) is 0 Å². The SMILES string of the molecule is OC1CC1(CF)CF. The van der Waals surface area contributed by atoms with Gasteiger partial charge in [0.2, 0.25) is 0 Å². The Morgan fingerprint density at radius 2 is 1.88 bits per heavy atom. The minimum Gasteiger partial charge on any atom is -0.392 e. The summed E-state index contributed by atoms with van der Waals surface area (Å²) in [5.41, 5.74) is -0.986. The van der Waals surface area contributed by atoms with Gasteiger partial charge in [0, 0.05) is 0 Å². The van der Waals surface area contributed by atoms with Crippen LogP contribution in [0.15, 0.2) is 0 Å². The van der Waals surface area contributed by atoms with Crippen molar-refractivity contribution in [3.63, 3.8) is 0 Å². The second kappa shape index (κ2) is 1.65. The molecule has 48 valence electrons. The van der Waals surface area contributed by atoms with Crippen LogP contribution in [0.2, 0.25) is 0 Å². The van der Waals surface area contributed by atoms with Gasteiger partial charge in [0.1, 0.15) is 13.3 Å². The monoisotopic (exact) mass is 122 g/mol. The highest BCUT2D eigenvalue weighted by molar-refractivity contribution is 5.02. The lowest BCUT2D eigenvalue weighted by Gasteiger charge is -2.01. The van der Waals surface area contributed by atoms with Crippen LogP contribution in [0.1, 0.15) is 6.42 Å². The van der Waals surface area contributed by atoms with E-state index in [1.807, 2.05) is 0 Å². The summed E-state index contributed by atoms with van der Waals surface area (Å²) in [6.07, 6.45) is -0.433. The van der Waals surface area contributed by atoms with Crippen LogP contribution in [0.4, 0.5) is 8.78 Å². The molecule has 8 heavy (non-hydrogen) atoms. The average molecular weight is 122 g/mol. The van der Waals surface area contributed by atoms with Crippen LogP contribution in [0, 0.1) is 5.41 Å². The second-order valence-corrected chi connectivity index (χ2v) is 2.35.